The van der Waals surface area contributed by atoms with Crippen molar-refractivity contribution in [3.63, 3.8) is 0 Å². The summed E-state index contributed by atoms with van der Waals surface area (Å²) in [6.07, 6.45) is 2.87. The van der Waals surface area contributed by atoms with Gasteiger partial charge in [-0.15, -0.1) is 0 Å². The second-order valence-electron chi connectivity index (χ2n) is 6.22. The third kappa shape index (κ3) is 3.76. The zero-order chi connectivity index (χ0) is 11.6. The summed E-state index contributed by atoms with van der Waals surface area (Å²) in [5.74, 6) is 0.965. The van der Waals surface area contributed by atoms with E-state index in [-0.39, 0.29) is 0 Å². The van der Waals surface area contributed by atoms with Gasteiger partial charge >= 0.3 is 0 Å². The molecule has 0 aromatic heterocycles. The largest absolute Gasteiger partial charge is 0.315 e. The summed E-state index contributed by atoms with van der Waals surface area (Å²) in [4.78, 5) is 2.52. The molecule has 2 heteroatoms. The highest BCUT2D eigenvalue weighted by molar-refractivity contribution is 4.88. The standard InChI is InChI=1S/C13H28N2/c1-10(11-7-8-11)15(6)9-12(14-5)13(2,3)4/h10-12,14H,7-9H2,1-6H3. The maximum Gasteiger partial charge on any atom is 0.0240 e. The first-order valence-corrected chi connectivity index (χ1v) is 6.23. The van der Waals surface area contributed by atoms with Gasteiger partial charge in [0.25, 0.3) is 0 Å². The average molecular weight is 212 g/mol. The minimum absolute atomic E-state index is 0.340. The molecule has 1 N–H and O–H groups in total. The molecule has 2 atom stereocenters. The molecule has 0 aromatic rings. The Morgan fingerprint density at radius 3 is 2.20 bits per heavy atom. The first-order chi connectivity index (χ1) is 6.86. The number of likely N-dealkylation sites (N-methyl/N-ethyl adjacent to an activating group) is 2. The molecule has 1 fully saturated rings. The molecule has 0 spiro atoms. The number of hydrogen-bond donors (Lipinski definition) is 1. The van der Waals surface area contributed by atoms with Crippen LogP contribution < -0.4 is 5.32 Å². The summed E-state index contributed by atoms with van der Waals surface area (Å²) in [5, 5.41) is 3.45. The molecule has 90 valence electrons. The van der Waals surface area contributed by atoms with Crippen molar-refractivity contribution in [3.05, 3.63) is 0 Å². The van der Waals surface area contributed by atoms with E-state index in [0.717, 1.165) is 18.5 Å². The average Bonchev–Trinajstić information content (AvgIpc) is 2.93. The molecule has 1 rings (SSSR count). The Labute approximate surface area is 95.4 Å². The van der Waals surface area contributed by atoms with E-state index in [1.54, 1.807) is 0 Å². The molecule has 0 amide bonds. The summed E-state index contributed by atoms with van der Waals surface area (Å²) in [6, 6.07) is 1.33. The molecule has 1 aliphatic rings. The molecular formula is C13H28N2. The fourth-order valence-corrected chi connectivity index (χ4v) is 2.19. The molecule has 2 unspecified atom stereocenters. The molecule has 1 aliphatic carbocycles. The van der Waals surface area contributed by atoms with E-state index in [1.165, 1.54) is 12.8 Å². The van der Waals surface area contributed by atoms with Gasteiger partial charge in [-0.3, -0.25) is 0 Å². The Morgan fingerprint density at radius 2 is 1.87 bits per heavy atom. The van der Waals surface area contributed by atoms with E-state index in [0.29, 0.717) is 11.5 Å². The lowest BCUT2D eigenvalue weighted by Crippen LogP contribution is -2.48. The minimum Gasteiger partial charge on any atom is -0.315 e. The maximum absolute atomic E-state index is 3.45. The molecule has 0 heterocycles. The second kappa shape index (κ2) is 4.84. The summed E-state index contributed by atoms with van der Waals surface area (Å²) in [6.45, 7) is 10.4. The van der Waals surface area contributed by atoms with Crippen LogP contribution in [0.2, 0.25) is 0 Å². The van der Waals surface area contributed by atoms with E-state index < -0.39 is 0 Å². The van der Waals surface area contributed by atoms with Crippen LogP contribution in [-0.2, 0) is 0 Å². The van der Waals surface area contributed by atoms with Crippen molar-refractivity contribution in [2.75, 3.05) is 20.6 Å². The second-order valence-corrected chi connectivity index (χ2v) is 6.22. The third-order valence-electron chi connectivity index (χ3n) is 3.86. The van der Waals surface area contributed by atoms with Gasteiger partial charge in [0.15, 0.2) is 0 Å². The number of rotatable bonds is 5. The van der Waals surface area contributed by atoms with Gasteiger partial charge in [-0.05, 0) is 45.2 Å². The van der Waals surface area contributed by atoms with Crippen LogP contribution in [0.3, 0.4) is 0 Å². The molecule has 0 bridgehead atoms. The Bertz CT molecular complexity index is 191. The van der Waals surface area contributed by atoms with Crippen molar-refractivity contribution in [2.24, 2.45) is 11.3 Å². The van der Waals surface area contributed by atoms with Gasteiger partial charge in [-0.2, -0.15) is 0 Å². The number of nitrogens with zero attached hydrogens (tertiary/aromatic N) is 1. The van der Waals surface area contributed by atoms with Gasteiger partial charge < -0.3 is 10.2 Å². The zero-order valence-electron chi connectivity index (χ0n) is 11.3. The normalized spacial score (nSPS) is 21.8. The lowest BCUT2D eigenvalue weighted by molar-refractivity contribution is 0.161. The fourth-order valence-electron chi connectivity index (χ4n) is 2.19. The third-order valence-corrected chi connectivity index (χ3v) is 3.86. The molecule has 1 saturated carbocycles. The molecule has 0 aliphatic heterocycles. The summed E-state index contributed by atoms with van der Waals surface area (Å²) < 4.78 is 0. The van der Waals surface area contributed by atoms with E-state index in [1.807, 2.05) is 0 Å². The van der Waals surface area contributed by atoms with Crippen molar-refractivity contribution in [2.45, 2.75) is 52.6 Å². The van der Waals surface area contributed by atoms with E-state index in [4.69, 9.17) is 0 Å². The van der Waals surface area contributed by atoms with Crippen molar-refractivity contribution >= 4 is 0 Å². The van der Waals surface area contributed by atoms with Crippen molar-refractivity contribution < 1.29 is 0 Å². The smallest absolute Gasteiger partial charge is 0.0240 e. The van der Waals surface area contributed by atoms with Crippen molar-refractivity contribution in [3.8, 4) is 0 Å². The highest BCUT2D eigenvalue weighted by Gasteiger charge is 2.32. The van der Waals surface area contributed by atoms with Crippen LogP contribution in [0.1, 0.15) is 40.5 Å². The van der Waals surface area contributed by atoms with Gasteiger partial charge in [-0.25, -0.2) is 0 Å². The van der Waals surface area contributed by atoms with Crippen LogP contribution in [0.15, 0.2) is 0 Å². The highest BCUT2D eigenvalue weighted by atomic mass is 15.2. The minimum atomic E-state index is 0.340. The van der Waals surface area contributed by atoms with Gasteiger partial charge in [0.1, 0.15) is 0 Å². The van der Waals surface area contributed by atoms with Crippen LogP contribution in [-0.4, -0.2) is 37.6 Å². The quantitative estimate of drug-likeness (QED) is 0.752. The van der Waals surface area contributed by atoms with Crippen LogP contribution >= 0.6 is 0 Å². The Hall–Kier alpha value is -0.0800. The lowest BCUT2D eigenvalue weighted by atomic mass is 9.86. The Morgan fingerprint density at radius 1 is 1.33 bits per heavy atom. The van der Waals surface area contributed by atoms with Crippen molar-refractivity contribution in [1.29, 1.82) is 0 Å². The zero-order valence-corrected chi connectivity index (χ0v) is 11.3. The van der Waals surface area contributed by atoms with E-state index >= 15 is 0 Å². The van der Waals surface area contributed by atoms with Gasteiger partial charge in [0.05, 0.1) is 0 Å². The lowest BCUT2D eigenvalue weighted by Gasteiger charge is -2.36. The van der Waals surface area contributed by atoms with Gasteiger partial charge in [0.2, 0.25) is 0 Å². The molecule has 2 nitrogen and oxygen atoms in total. The van der Waals surface area contributed by atoms with Crippen LogP contribution in [0, 0.1) is 11.3 Å². The fraction of sp³-hybridized carbons (Fsp3) is 1.00. The van der Waals surface area contributed by atoms with Crippen LogP contribution in [0.5, 0.6) is 0 Å². The molecule has 15 heavy (non-hydrogen) atoms. The van der Waals surface area contributed by atoms with Gasteiger partial charge in [0, 0.05) is 18.6 Å². The molecule has 0 aromatic carbocycles. The van der Waals surface area contributed by atoms with Crippen LogP contribution in [0.25, 0.3) is 0 Å². The topological polar surface area (TPSA) is 15.3 Å². The molecule has 0 radical (unpaired) electrons. The van der Waals surface area contributed by atoms with Crippen LogP contribution in [0.4, 0.5) is 0 Å². The van der Waals surface area contributed by atoms with E-state index in [9.17, 15) is 0 Å². The van der Waals surface area contributed by atoms with Gasteiger partial charge in [-0.1, -0.05) is 20.8 Å². The Kier molecular flexibility index (Phi) is 4.19. The summed E-state index contributed by atoms with van der Waals surface area (Å²) in [5.41, 5.74) is 0.340. The molecular weight excluding hydrogens is 184 g/mol. The number of hydrogen-bond acceptors (Lipinski definition) is 2. The van der Waals surface area contributed by atoms with E-state index in [2.05, 4.69) is 52.0 Å². The summed E-state index contributed by atoms with van der Waals surface area (Å²) in [7, 11) is 4.34. The predicted octanol–water partition coefficient (Wildman–Crippen LogP) is 2.35. The molecule has 0 saturated heterocycles. The number of nitrogens with one attached hydrogen (secondary N) is 1. The Balaban J connectivity index is 2.43. The monoisotopic (exact) mass is 212 g/mol. The van der Waals surface area contributed by atoms with Crippen molar-refractivity contribution in [1.82, 2.24) is 10.2 Å². The maximum atomic E-state index is 3.45. The first kappa shape index (κ1) is 13.0. The highest BCUT2D eigenvalue weighted by Crippen LogP contribution is 2.35. The predicted molar refractivity (Wildman–Crippen MR) is 67.1 cm³/mol. The summed E-state index contributed by atoms with van der Waals surface area (Å²) >= 11 is 0. The SMILES string of the molecule is CNC(CN(C)C(C)C1CC1)C(C)(C)C. The first-order valence-electron chi connectivity index (χ1n) is 6.23.